The summed E-state index contributed by atoms with van der Waals surface area (Å²) in [5.41, 5.74) is 2.38. The zero-order valence-corrected chi connectivity index (χ0v) is 13.9. The van der Waals surface area contributed by atoms with Crippen molar-refractivity contribution in [1.82, 2.24) is 20.2 Å². The van der Waals surface area contributed by atoms with Gasteiger partial charge in [-0.05, 0) is 31.4 Å². The van der Waals surface area contributed by atoms with Gasteiger partial charge in [-0.15, -0.1) is 10.2 Å². The van der Waals surface area contributed by atoms with Crippen LogP contribution in [0.3, 0.4) is 0 Å². The van der Waals surface area contributed by atoms with Gasteiger partial charge in [0.15, 0.2) is 0 Å². The van der Waals surface area contributed by atoms with Crippen LogP contribution in [0.5, 0.6) is 0 Å². The Morgan fingerprint density at radius 1 is 1.36 bits per heavy atom. The first-order valence-electron chi connectivity index (χ1n) is 7.19. The Hall–Kier alpha value is -2.02. The Bertz CT molecular complexity index is 638. The normalized spacial score (nSPS) is 12.1. The zero-order valence-electron chi connectivity index (χ0n) is 13.0. The lowest BCUT2D eigenvalue weighted by Crippen LogP contribution is -2.28. The molecule has 0 aliphatic rings. The number of carbonyl (C=O) groups is 1. The van der Waals surface area contributed by atoms with E-state index < -0.39 is 0 Å². The fourth-order valence-corrected chi connectivity index (χ4v) is 2.70. The molecular formula is C15H21N5OS. The first-order chi connectivity index (χ1) is 10.5. The Labute approximate surface area is 134 Å². The molecule has 3 N–H and O–H groups in total. The number of nitrogens with zero attached hydrogens (tertiary/aromatic N) is 3. The monoisotopic (exact) mass is 319 g/mol. The molecule has 0 fully saturated rings. The summed E-state index contributed by atoms with van der Waals surface area (Å²) in [4.78, 5) is 12.0. The average Bonchev–Trinajstić information content (AvgIpc) is 2.84. The number of hydrogen-bond acceptors (Lipinski definition) is 5. The number of aryl methyl sites for hydroxylation is 2. The van der Waals surface area contributed by atoms with Crippen molar-refractivity contribution in [2.45, 2.75) is 38.4 Å². The van der Waals surface area contributed by atoms with Gasteiger partial charge in [-0.3, -0.25) is 4.79 Å². The molecule has 6 nitrogen and oxygen atoms in total. The molecule has 1 aromatic heterocycles. The van der Waals surface area contributed by atoms with E-state index in [1.807, 2.05) is 6.92 Å². The minimum absolute atomic E-state index is 0.0310. The van der Waals surface area contributed by atoms with E-state index in [1.165, 1.54) is 22.0 Å². The van der Waals surface area contributed by atoms with Crippen LogP contribution in [0.2, 0.25) is 0 Å². The molecule has 0 unspecified atom stereocenters. The number of hydrogen-bond donors (Lipinski definition) is 2. The van der Waals surface area contributed by atoms with Crippen molar-refractivity contribution < 1.29 is 4.79 Å². The van der Waals surface area contributed by atoms with Crippen molar-refractivity contribution in [2.24, 2.45) is 0 Å². The molecule has 2 aromatic rings. The van der Waals surface area contributed by atoms with E-state index in [0.29, 0.717) is 11.0 Å². The summed E-state index contributed by atoms with van der Waals surface area (Å²) in [6.07, 6.45) is 1.01. The predicted molar refractivity (Wildman–Crippen MR) is 88.0 cm³/mol. The molecular weight excluding hydrogens is 298 g/mol. The molecule has 0 saturated heterocycles. The van der Waals surface area contributed by atoms with Crippen molar-refractivity contribution in [3.05, 3.63) is 41.2 Å². The summed E-state index contributed by atoms with van der Waals surface area (Å²) in [6, 6.07) is 8.25. The Kier molecular flexibility index (Phi) is 5.43. The van der Waals surface area contributed by atoms with E-state index in [2.05, 4.69) is 46.7 Å². The Morgan fingerprint density at radius 2 is 2.05 bits per heavy atom. The third kappa shape index (κ3) is 4.00. The molecule has 2 rings (SSSR count). The summed E-state index contributed by atoms with van der Waals surface area (Å²) in [7, 11) is 0. The number of nitrogens with one attached hydrogen (secondary N) is 1. The second kappa shape index (κ2) is 7.31. The number of nitrogens with two attached hydrogens (primary N) is 1. The quantitative estimate of drug-likeness (QED) is 0.627. The van der Waals surface area contributed by atoms with Crippen molar-refractivity contribution >= 4 is 17.7 Å². The van der Waals surface area contributed by atoms with Crippen LogP contribution < -0.4 is 11.2 Å². The van der Waals surface area contributed by atoms with E-state index in [9.17, 15) is 4.79 Å². The summed E-state index contributed by atoms with van der Waals surface area (Å²) < 4.78 is 1.38. The van der Waals surface area contributed by atoms with Gasteiger partial charge in [-0.1, -0.05) is 43.0 Å². The maximum atomic E-state index is 12.0. The SMILES string of the molecule is CCc1ccc([C@@H](C)NC(=O)CSc2nnc(C)n2N)cc1. The number of rotatable bonds is 6. The summed E-state index contributed by atoms with van der Waals surface area (Å²) in [5, 5.41) is 11.3. The zero-order chi connectivity index (χ0) is 16.1. The second-order valence-corrected chi connectivity index (χ2v) is 6.02. The van der Waals surface area contributed by atoms with Crippen LogP contribution in [0.25, 0.3) is 0 Å². The minimum atomic E-state index is -0.0577. The number of nitrogen functional groups attached to an aromatic ring is 1. The minimum Gasteiger partial charge on any atom is -0.349 e. The highest BCUT2D eigenvalue weighted by Gasteiger charge is 2.12. The first-order valence-corrected chi connectivity index (χ1v) is 8.18. The van der Waals surface area contributed by atoms with Crippen LogP contribution in [0.1, 0.15) is 36.8 Å². The number of thioether (sulfide) groups is 1. The molecule has 1 heterocycles. The fourth-order valence-electron chi connectivity index (χ4n) is 1.99. The lowest BCUT2D eigenvalue weighted by Gasteiger charge is -2.14. The van der Waals surface area contributed by atoms with Crippen molar-refractivity contribution in [3.63, 3.8) is 0 Å². The molecule has 1 amide bonds. The molecule has 0 saturated carbocycles. The molecule has 22 heavy (non-hydrogen) atoms. The second-order valence-electron chi connectivity index (χ2n) is 5.07. The molecule has 0 aliphatic heterocycles. The van der Waals surface area contributed by atoms with Gasteiger partial charge in [0.25, 0.3) is 0 Å². The van der Waals surface area contributed by atoms with Gasteiger partial charge < -0.3 is 11.2 Å². The standard InChI is InChI=1S/C15H21N5OS/c1-4-12-5-7-13(8-6-12)10(2)17-14(21)9-22-15-19-18-11(3)20(15)16/h5-8,10H,4,9,16H2,1-3H3,(H,17,21)/t10-/m1/s1. The van der Waals surface area contributed by atoms with Crippen LogP contribution in [-0.4, -0.2) is 26.5 Å². The topological polar surface area (TPSA) is 85.8 Å². The van der Waals surface area contributed by atoms with E-state index in [4.69, 9.17) is 5.84 Å². The molecule has 0 aliphatic carbocycles. The summed E-state index contributed by atoms with van der Waals surface area (Å²) >= 11 is 1.27. The smallest absolute Gasteiger partial charge is 0.230 e. The number of amides is 1. The Balaban J connectivity index is 1.86. The predicted octanol–water partition coefficient (Wildman–Crippen LogP) is 1.83. The van der Waals surface area contributed by atoms with Crippen LogP contribution >= 0.6 is 11.8 Å². The lowest BCUT2D eigenvalue weighted by atomic mass is 10.1. The number of aromatic nitrogens is 3. The maximum absolute atomic E-state index is 12.0. The van der Waals surface area contributed by atoms with E-state index in [0.717, 1.165) is 12.0 Å². The van der Waals surface area contributed by atoms with Gasteiger partial charge in [-0.2, -0.15) is 0 Å². The van der Waals surface area contributed by atoms with Crippen LogP contribution in [0.4, 0.5) is 0 Å². The van der Waals surface area contributed by atoms with Gasteiger partial charge in [0.05, 0.1) is 11.8 Å². The molecule has 7 heteroatoms. The molecule has 1 atom stereocenters. The van der Waals surface area contributed by atoms with Crippen LogP contribution in [-0.2, 0) is 11.2 Å². The summed E-state index contributed by atoms with van der Waals surface area (Å²) in [6.45, 7) is 5.85. The summed E-state index contributed by atoms with van der Waals surface area (Å²) in [5.74, 6) is 6.56. The highest BCUT2D eigenvalue weighted by molar-refractivity contribution is 7.99. The van der Waals surface area contributed by atoms with Gasteiger partial charge in [0.1, 0.15) is 5.82 Å². The largest absolute Gasteiger partial charge is 0.349 e. The van der Waals surface area contributed by atoms with Crippen molar-refractivity contribution in [2.75, 3.05) is 11.6 Å². The van der Waals surface area contributed by atoms with Crippen molar-refractivity contribution in [1.29, 1.82) is 0 Å². The maximum Gasteiger partial charge on any atom is 0.230 e. The fraction of sp³-hybridized carbons (Fsp3) is 0.400. The van der Waals surface area contributed by atoms with Gasteiger partial charge in [0.2, 0.25) is 11.1 Å². The van der Waals surface area contributed by atoms with Crippen LogP contribution in [0.15, 0.2) is 29.4 Å². The highest BCUT2D eigenvalue weighted by atomic mass is 32.2. The van der Waals surface area contributed by atoms with Crippen LogP contribution in [0, 0.1) is 6.92 Å². The van der Waals surface area contributed by atoms with Gasteiger partial charge in [-0.25, -0.2) is 4.68 Å². The van der Waals surface area contributed by atoms with Gasteiger partial charge in [0, 0.05) is 0 Å². The molecule has 0 radical (unpaired) electrons. The molecule has 1 aromatic carbocycles. The molecule has 0 spiro atoms. The Morgan fingerprint density at radius 3 is 2.59 bits per heavy atom. The third-order valence-corrected chi connectivity index (χ3v) is 4.38. The van der Waals surface area contributed by atoms with Crippen molar-refractivity contribution in [3.8, 4) is 0 Å². The van der Waals surface area contributed by atoms with E-state index in [-0.39, 0.29) is 17.7 Å². The van der Waals surface area contributed by atoms with Gasteiger partial charge >= 0.3 is 0 Å². The highest BCUT2D eigenvalue weighted by Crippen LogP contribution is 2.16. The average molecular weight is 319 g/mol. The number of carbonyl (C=O) groups excluding carboxylic acids is 1. The lowest BCUT2D eigenvalue weighted by molar-refractivity contribution is -0.119. The third-order valence-electron chi connectivity index (χ3n) is 3.43. The number of benzene rings is 1. The van der Waals surface area contributed by atoms with E-state index >= 15 is 0 Å². The van der Waals surface area contributed by atoms with E-state index in [1.54, 1.807) is 6.92 Å². The molecule has 118 valence electrons. The first kappa shape index (κ1) is 16.4. The molecule has 0 bridgehead atoms.